The lowest BCUT2D eigenvalue weighted by molar-refractivity contribution is 0.421. The highest BCUT2D eigenvalue weighted by Crippen LogP contribution is 2.47. The smallest absolute Gasteiger partial charge is 0.160 e. The second kappa shape index (κ2) is 6.01. The highest BCUT2D eigenvalue weighted by atomic mass is 28.3. The van der Waals surface area contributed by atoms with Gasteiger partial charge >= 0.3 is 0 Å². The Morgan fingerprint density at radius 2 is 1.62 bits per heavy atom. The summed E-state index contributed by atoms with van der Waals surface area (Å²) < 4.78 is 2.70. The van der Waals surface area contributed by atoms with E-state index < -0.39 is 8.24 Å². The molecule has 0 saturated heterocycles. The summed E-state index contributed by atoms with van der Waals surface area (Å²) in [4.78, 5) is 0. The molecule has 0 bridgehead atoms. The molecule has 0 fully saturated rings. The lowest BCUT2D eigenvalue weighted by Gasteiger charge is -2.51. The maximum Gasteiger partial charge on any atom is 0.160 e. The van der Waals surface area contributed by atoms with Gasteiger partial charge in [-0.15, -0.1) is 6.58 Å². The van der Waals surface area contributed by atoms with Crippen molar-refractivity contribution in [2.75, 3.05) is 13.1 Å². The molecule has 0 saturated carbocycles. The Bertz CT molecular complexity index is 215. The van der Waals surface area contributed by atoms with Crippen LogP contribution in [0.4, 0.5) is 0 Å². The number of rotatable bonds is 6. The summed E-state index contributed by atoms with van der Waals surface area (Å²) in [5.41, 5.74) is 3.10. The van der Waals surface area contributed by atoms with Gasteiger partial charge in [-0.1, -0.05) is 60.6 Å². The van der Waals surface area contributed by atoms with Gasteiger partial charge in [0.15, 0.2) is 8.24 Å². The summed E-state index contributed by atoms with van der Waals surface area (Å²) in [7, 11) is -1.61. The van der Waals surface area contributed by atoms with E-state index in [9.17, 15) is 0 Å². The van der Waals surface area contributed by atoms with Gasteiger partial charge in [0.25, 0.3) is 0 Å². The molecule has 0 rings (SSSR count). The molecule has 2 atom stereocenters. The molecule has 2 unspecified atom stereocenters. The predicted octanol–water partition coefficient (Wildman–Crippen LogP) is 4.60. The molecular formula is C14H31NSi. The van der Waals surface area contributed by atoms with Crippen molar-refractivity contribution in [2.45, 2.75) is 65.5 Å². The Morgan fingerprint density at radius 3 is 1.81 bits per heavy atom. The molecule has 0 heterocycles. The molecule has 96 valence electrons. The zero-order chi connectivity index (χ0) is 13.0. The van der Waals surface area contributed by atoms with Crippen LogP contribution < -0.4 is 0 Å². The first kappa shape index (κ1) is 15.9. The minimum Gasteiger partial charge on any atom is -0.320 e. The van der Waals surface area contributed by atoms with Gasteiger partial charge in [-0.2, -0.15) is 0 Å². The number of nitrogens with zero attached hydrogens (tertiary/aromatic N) is 1. The van der Waals surface area contributed by atoms with Crippen molar-refractivity contribution in [1.29, 1.82) is 0 Å². The highest BCUT2D eigenvalue weighted by Gasteiger charge is 2.49. The molecule has 0 spiro atoms. The van der Waals surface area contributed by atoms with Gasteiger partial charge < -0.3 is 4.57 Å². The fourth-order valence-corrected chi connectivity index (χ4v) is 9.21. The van der Waals surface area contributed by atoms with Gasteiger partial charge in [0.2, 0.25) is 0 Å². The van der Waals surface area contributed by atoms with Crippen LogP contribution in [0, 0.1) is 0 Å². The van der Waals surface area contributed by atoms with Crippen molar-refractivity contribution < 1.29 is 0 Å². The molecule has 0 aliphatic rings. The molecule has 2 heteroatoms. The van der Waals surface area contributed by atoms with Crippen LogP contribution in [0.3, 0.4) is 0 Å². The minimum absolute atomic E-state index is 0.357. The maximum absolute atomic E-state index is 4.21. The maximum atomic E-state index is 4.21. The van der Waals surface area contributed by atoms with Crippen LogP contribution in [0.5, 0.6) is 0 Å². The van der Waals surface area contributed by atoms with Gasteiger partial charge in [-0.25, -0.2) is 0 Å². The second-order valence-electron chi connectivity index (χ2n) is 5.76. The summed E-state index contributed by atoms with van der Waals surface area (Å²) >= 11 is 0. The van der Waals surface area contributed by atoms with E-state index in [0.717, 1.165) is 18.6 Å². The van der Waals surface area contributed by atoms with Gasteiger partial charge in [-0.3, -0.25) is 0 Å². The van der Waals surface area contributed by atoms with Crippen LogP contribution in [0.25, 0.3) is 0 Å². The quantitative estimate of drug-likeness (QED) is 0.614. The van der Waals surface area contributed by atoms with Gasteiger partial charge in [0.05, 0.1) is 0 Å². The SMILES string of the molecule is C=C[Si](C(C)CC)(N(CC)CC)C(C)(C)C. The fourth-order valence-electron chi connectivity index (χ4n) is 3.22. The Morgan fingerprint density at radius 1 is 1.19 bits per heavy atom. The van der Waals surface area contributed by atoms with Crippen molar-refractivity contribution in [1.82, 2.24) is 4.57 Å². The Balaban J connectivity index is 5.53. The van der Waals surface area contributed by atoms with E-state index in [1.807, 2.05) is 0 Å². The third-order valence-corrected chi connectivity index (χ3v) is 10.8. The first-order chi connectivity index (χ1) is 7.31. The summed E-state index contributed by atoms with van der Waals surface area (Å²) in [6.45, 7) is 23.0. The van der Waals surface area contributed by atoms with Crippen LogP contribution in [-0.4, -0.2) is 25.9 Å². The van der Waals surface area contributed by atoms with Crippen LogP contribution >= 0.6 is 0 Å². The monoisotopic (exact) mass is 241 g/mol. The summed E-state index contributed by atoms with van der Waals surface area (Å²) in [5, 5.41) is 0.357. The lowest BCUT2D eigenvalue weighted by Crippen LogP contribution is -2.60. The first-order valence-electron chi connectivity index (χ1n) is 6.70. The lowest BCUT2D eigenvalue weighted by atomic mass is 10.2. The third-order valence-electron chi connectivity index (χ3n) is 4.16. The molecule has 1 nitrogen and oxygen atoms in total. The van der Waals surface area contributed by atoms with Crippen LogP contribution in [0.1, 0.15) is 54.9 Å². The van der Waals surface area contributed by atoms with Gasteiger partial charge in [0.1, 0.15) is 0 Å². The van der Waals surface area contributed by atoms with E-state index in [0.29, 0.717) is 5.04 Å². The molecule has 0 N–H and O–H groups in total. The predicted molar refractivity (Wildman–Crippen MR) is 78.3 cm³/mol. The molecule has 0 aliphatic heterocycles. The van der Waals surface area contributed by atoms with E-state index in [4.69, 9.17) is 0 Å². The number of hydrogen-bond acceptors (Lipinski definition) is 1. The molecular weight excluding hydrogens is 210 g/mol. The minimum atomic E-state index is -1.61. The summed E-state index contributed by atoms with van der Waals surface area (Å²) in [6.07, 6.45) is 1.26. The highest BCUT2D eigenvalue weighted by molar-refractivity contribution is 6.85. The van der Waals surface area contributed by atoms with Gasteiger partial charge in [-0.05, 0) is 23.7 Å². The molecule has 0 aromatic carbocycles. The third kappa shape index (κ3) is 2.59. The Labute approximate surface area is 104 Å². The van der Waals surface area contributed by atoms with Crippen molar-refractivity contribution in [2.24, 2.45) is 0 Å². The Hall–Kier alpha value is -0.0831. The van der Waals surface area contributed by atoms with Gasteiger partial charge in [0, 0.05) is 0 Å². The molecule has 0 aliphatic carbocycles. The molecule has 0 aromatic rings. The fraction of sp³-hybridized carbons (Fsp3) is 0.857. The molecule has 0 amide bonds. The summed E-state index contributed by atoms with van der Waals surface area (Å²) in [5.74, 6) is 0. The first-order valence-corrected chi connectivity index (χ1v) is 8.80. The van der Waals surface area contributed by atoms with Crippen molar-refractivity contribution in [3.63, 3.8) is 0 Å². The van der Waals surface area contributed by atoms with Crippen LogP contribution in [0.2, 0.25) is 10.6 Å². The standard InChI is InChI=1S/C14H31NSi/c1-9-13(5)16(12-4,14(6,7)8)15(10-2)11-3/h12-13H,4,9-11H2,1-3,5-8H3. The number of hydrogen-bond donors (Lipinski definition) is 0. The van der Waals surface area contributed by atoms with Crippen molar-refractivity contribution in [3.05, 3.63) is 12.3 Å². The molecule has 16 heavy (non-hydrogen) atoms. The average Bonchev–Trinajstić information content (AvgIpc) is 2.22. The Kier molecular flexibility index (Phi) is 5.98. The second-order valence-corrected chi connectivity index (χ2v) is 10.9. The summed E-state index contributed by atoms with van der Waals surface area (Å²) in [6, 6.07) is 0. The zero-order valence-electron chi connectivity index (χ0n) is 12.4. The van der Waals surface area contributed by atoms with Crippen molar-refractivity contribution >= 4 is 8.24 Å². The van der Waals surface area contributed by atoms with E-state index in [2.05, 4.69) is 65.3 Å². The zero-order valence-corrected chi connectivity index (χ0v) is 13.4. The van der Waals surface area contributed by atoms with Crippen LogP contribution in [0.15, 0.2) is 12.3 Å². The largest absolute Gasteiger partial charge is 0.320 e. The average molecular weight is 241 g/mol. The van der Waals surface area contributed by atoms with E-state index >= 15 is 0 Å². The molecule has 0 aromatic heterocycles. The molecule has 0 radical (unpaired) electrons. The van der Waals surface area contributed by atoms with E-state index in [1.54, 1.807) is 0 Å². The normalized spacial score (nSPS) is 18.2. The van der Waals surface area contributed by atoms with E-state index in [-0.39, 0.29) is 0 Å². The topological polar surface area (TPSA) is 3.24 Å². The van der Waals surface area contributed by atoms with E-state index in [1.165, 1.54) is 6.42 Å². The van der Waals surface area contributed by atoms with Crippen molar-refractivity contribution in [3.8, 4) is 0 Å². The van der Waals surface area contributed by atoms with Crippen LogP contribution in [-0.2, 0) is 0 Å².